The molecule has 31 heavy (non-hydrogen) atoms. The molecule has 3 rings (SSSR count). The molecule has 0 unspecified atom stereocenters. The van der Waals surface area contributed by atoms with E-state index in [1.165, 1.54) is 30.7 Å². The maximum Gasteiger partial charge on any atom is 0.261 e. The zero-order valence-corrected chi connectivity index (χ0v) is 18.1. The minimum absolute atomic E-state index is 0.130. The van der Waals surface area contributed by atoms with Crippen LogP contribution in [-0.4, -0.2) is 41.9 Å². The van der Waals surface area contributed by atoms with E-state index in [-0.39, 0.29) is 30.3 Å². The highest BCUT2D eigenvalue weighted by molar-refractivity contribution is 5.88. The number of nitrogens with zero attached hydrogens (tertiary/aromatic N) is 1. The van der Waals surface area contributed by atoms with Crippen molar-refractivity contribution in [3.8, 4) is 5.75 Å². The molecule has 1 atom stereocenters. The lowest BCUT2D eigenvalue weighted by Crippen LogP contribution is -2.52. The van der Waals surface area contributed by atoms with E-state index in [2.05, 4.69) is 5.32 Å². The first-order valence-electron chi connectivity index (χ1n) is 11.0. The van der Waals surface area contributed by atoms with Crippen LogP contribution in [0.15, 0.2) is 54.6 Å². The summed E-state index contributed by atoms with van der Waals surface area (Å²) in [6.07, 6.45) is 6.09. The highest BCUT2D eigenvalue weighted by Crippen LogP contribution is 2.18. The summed E-state index contributed by atoms with van der Waals surface area (Å²) in [7, 11) is 0. The Balaban J connectivity index is 1.63. The molecule has 0 spiro atoms. The van der Waals surface area contributed by atoms with E-state index >= 15 is 0 Å². The second kappa shape index (κ2) is 11.5. The second-order valence-corrected chi connectivity index (χ2v) is 8.08. The number of carbonyl (C=O) groups is 2. The van der Waals surface area contributed by atoms with E-state index in [1.807, 2.05) is 30.3 Å². The van der Waals surface area contributed by atoms with Crippen LogP contribution in [0.25, 0.3) is 0 Å². The van der Waals surface area contributed by atoms with Gasteiger partial charge in [-0.1, -0.05) is 49.6 Å². The number of hydrogen-bond donors (Lipinski definition) is 1. The highest BCUT2D eigenvalue weighted by atomic mass is 19.1. The molecule has 6 heteroatoms. The van der Waals surface area contributed by atoms with E-state index in [9.17, 15) is 14.0 Å². The lowest BCUT2D eigenvalue weighted by molar-refractivity contribution is -0.141. The molecule has 2 aromatic rings. The van der Waals surface area contributed by atoms with Gasteiger partial charge >= 0.3 is 0 Å². The Labute approximate surface area is 183 Å². The Kier molecular flexibility index (Phi) is 8.44. The zero-order chi connectivity index (χ0) is 22.1. The summed E-state index contributed by atoms with van der Waals surface area (Å²) < 4.78 is 18.6. The van der Waals surface area contributed by atoms with Gasteiger partial charge in [0, 0.05) is 12.6 Å². The molecule has 1 fully saturated rings. The predicted molar refractivity (Wildman–Crippen MR) is 118 cm³/mol. The Morgan fingerprint density at radius 1 is 1.06 bits per heavy atom. The molecule has 1 aliphatic carbocycles. The Morgan fingerprint density at radius 2 is 1.74 bits per heavy atom. The van der Waals surface area contributed by atoms with Crippen LogP contribution >= 0.6 is 0 Å². The lowest BCUT2D eigenvalue weighted by Gasteiger charge is -2.31. The number of benzene rings is 2. The molecular formula is C25H31FN2O3. The third-order valence-electron chi connectivity index (χ3n) is 5.78. The average Bonchev–Trinajstić information content (AvgIpc) is 2.80. The first kappa shape index (κ1) is 22.8. The molecule has 0 heterocycles. The van der Waals surface area contributed by atoms with Crippen LogP contribution in [-0.2, 0) is 16.0 Å². The number of carbonyl (C=O) groups excluding carboxylic acids is 2. The van der Waals surface area contributed by atoms with Crippen molar-refractivity contribution in [1.29, 1.82) is 0 Å². The minimum Gasteiger partial charge on any atom is -0.484 e. The molecule has 0 radical (unpaired) electrons. The number of hydrogen-bond acceptors (Lipinski definition) is 3. The molecule has 1 saturated carbocycles. The van der Waals surface area contributed by atoms with Crippen LogP contribution in [0.1, 0.15) is 44.6 Å². The van der Waals surface area contributed by atoms with Crippen molar-refractivity contribution in [2.45, 2.75) is 57.5 Å². The van der Waals surface area contributed by atoms with Crippen LogP contribution in [0.5, 0.6) is 5.75 Å². The fraction of sp³-hybridized carbons (Fsp3) is 0.440. The maximum atomic E-state index is 13.1. The van der Waals surface area contributed by atoms with Gasteiger partial charge in [0.15, 0.2) is 6.61 Å². The van der Waals surface area contributed by atoms with Gasteiger partial charge in [0.2, 0.25) is 5.91 Å². The van der Waals surface area contributed by atoms with Gasteiger partial charge in [-0.15, -0.1) is 0 Å². The molecule has 1 aliphatic rings. The summed E-state index contributed by atoms with van der Waals surface area (Å²) in [6.45, 7) is 1.97. The quantitative estimate of drug-likeness (QED) is 0.656. The minimum atomic E-state index is -0.602. The molecule has 0 aromatic heterocycles. The van der Waals surface area contributed by atoms with Crippen molar-refractivity contribution < 1.29 is 18.7 Å². The molecule has 0 aliphatic heterocycles. The van der Waals surface area contributed by atoms with Gasteiger partial charge in [0.1, 0.15) is 17.6 Å². The van der Waals surface area contributed by atoms with Crippen LogP contribution in [0.3, 0.4) is 0 Å². The van der Waals surface area contributed by atoms with Crippen molar-refractivity contribution >= 4 is 11.8 Å². The van der Waals surface area contributed by atoms with E-state index in [4.69, 9.17) is 4.74 Å². The summed E-state index contributed by atoms with van der Waals surface area (Å²) >= 11 is 0. The lowest BCUT2D eigenvalue weighted by atomic mass is 9.95. The third-order valence-corrected chi connectivity index (χ3v) is 5.78. The molecule has 0 bridgehead atoms. The summed E-state index contributed by atoms with van der Waals surface area (Å²) in [6, 6.07) is 15.0. The zero-order valence-electron chi connectivity index (χ0n) is 18.1. The maximum absolute atomic E-state index is 13.1. The topological polar surface area (TPSA) is 58.6 Å². The predicted octanol–water partition coefficient (Wildman–Crippen LogP) is 4.11. The first-order chi connectivity index (χ1) is 15.0. The molecular weight excluding hydrogens is 395 g/mol. The Hall–Kier alpha value is -2.89. The summed E-state index contributed by atoms with van der Waals surface area (Å²) in [4.78, 5) is 27.5. The Morgan fingerprint density at radius 3 is 2.42 bits per heavy atom. The smallest absolute Gasteiger partial charge is 0.261 e. The summed E-state index contributed by atoms with van der Waals surface area (Å²) in [5.41, 5.74) is 1.10. The molecule has 2 aromatic carbocycles. The van der Waals surface area contributed by atoms with Crippen molar-refractivity contribution in [2.24, 2.45) is 0 Å². The number of nitrogens with one attached hydrogen (secondary N) is 1. The van der Waals surface area contributed by atoms with Gasteiger partial charge in [-0.3, -0.25) is 9.59 Å². The molecule has 166 valence electrons. The summed E-state index contributed by atoms with van der Waals surface area (Å²) in [5, 5.41) is 3.12. The molecule has 5 nitrogen and oxygen atoms in total. The van der Waals surface area contributed by atoms with E-state index < -0.39 is 6.04 Å². The van der Waals surface area contributed by atoms with Crippen LogP contribution < -0.4 is 10.1 Å². The third kappa shape index (κ3) is 7.09. The van der Waals surface area contributed by atoms with E-state index in [0.29, 0.717) is 18.7 Å². The van der Waals surface area contributed by atoms with E-state index in [0.717, 1.165) is 31.2 Å². The van der Waals surface area contributed by atoms with Gasteiger partial charge in [-0.2, -0.15) is 0 Å². The monoisotopic (exact) mass is 426 g/mol. The highest BCUT2D eigenvalue weighted by Gasteiger charge is 2.28. The van der Waals surface area contributed by atoms with Crippen molar-refractivity contribution in [3.05, 3.63) is 66.0 Å². The fourth-order valence-electron chi connectivity index (χ4n) is 3.90. The average molecular weight is 427 g/mol. The van der Waals surface area contributed by atoms with Gasteiger partial charge in [-0.05, 0) is 56.0 Å². The molecule has 0 saturated heterocycles. The second-order valence-electron chi connectivity index (χ2n) is 8.08. The molecule has 2 amide bonds. The molecule has 1 N–H and O–H groups in total. The van der Waals surface area contributed by atoms with Crippen LogP contribution in [0.4, 0.5) is 4.39 Å². The number of rotatable bonds is 9. The normalized spacial score (nSPS) is 15.2. The van der Waals surface area contributed by atoms with Gasteiger partial charge in [0.25, 0.3) is 5.91 Å². The summed E-state index contributed by atoms with van der Waals surface area (Å²) in [5.74, 6) is -0.352. The largest absolute Gasteiger partial charge is 0.484 e. The van der Waals surface area contributed by atoms with Crippen molar-refractivity contribution in [3.63, 3.8) is 0 Å². The number of halogens is 1. The SMILES string of the molecule is C[C@H](C(=O)NC1CCCCC1)N(CCc1ccccc1)C(=O)COc1ccc(F)cc1. The Bertz CT molecular complexity index is 836. The van der Waals surface area contributed by atoms with Crippen LogP contribution in [0, 0.1) is 5.82 Å². The first-order valence-corrected chi connectivity index (χ1v) is 11.0. The van der Waals surface area contributed by atoms with Gasteiger partial charge < -0.3 is 15.0 Å². The standard InChI is InChI=1S/C25H31FN2O3/c1-19(25(30)27-22-10-6-3-7-11-22)28(17-16-20-8-4-2-5-9-20)24(29)18-31-23-14-12-21(26)13-15-23/h2,4-5,8-9,12-15,19,22H,3,6-7,10-11,16-18H2,1H3,(H,27,30)/t19-/m1/s1. The van der Waals surface area contributed by atoms with Crippen molar-refractivity contribution in [2.75, 3.05) is 13.2 Å². The van der Waals surface area contributed by atoms with Gasteiger partial charge in [0.05, 0.1) is 0 Å². The fourth-order valence-corrected chi connectivity index (χ4v) is 3.90. The van der Waals surface area contributed by atoms with Gasteiger partial charge in [-0.25, -0.2) is 4.39 Å². The van der Waals surface area contributed by atoms with Crippen molar-refractivity contribution in [1.82, 2.24) is 10.2 Å². The van der Waals surface area contributed by atoms with Crippen LogP contribution in [0.2, 0.25) is 0 Å². The number of amides is 2. The number of ether oxygens (including phenoxy) is 1. The van der Waals surface area contributed by atoms with E-state index in [1.54, 1.807) is 11.8 Å².